The Morgan fingerprint density at radius 2 is 2.10 bits per heavy atom. The van der Waals surface area contributed by atoms with Crippen LogP contribution < -0.4 is 10.5 Å². The predicted octanol–water partition coefficient (Wildman–Crippen LogP) is 0.409. The van der Waals surface area contributed by atoms with Gasteiger partial charge in [0.2, 0.25) is 0 Å². The van der Waals surface area contributed by atoms with Crippen molar-refractivity contribution in [3.05, 3.63) is 29.8 Å². The van der Waals surface area contributed by atoms with Crippen molar-refractivity contribution in [2.24, 2.45) is 10.9 Å². The minimum atomic E-state index is -0.0546. The fourth-order valence-electron chi connectivity index (χ4n) is 2.01. The zero-order valence-electron chi connectivity index (χ0n) is 11.7. The number of carbonyl (C=O) groups excluding carboxylic acids is 1. The maximum absolute atomic E-state index is 12.0. The molecule has 0 unspecified atom stereocenters. The van der Waals surface area contributed by atoms with Crippen molar-refractivity contribution in [3.8, 4) is 5.75 Å². The van der Waals surface area contributed by atoms with Gasteiger partial charge in [-0.25, -0.2) is 0 Å². The first kappa shape index (κ1) is 15.1. The summed E-state index contributed by atoms with van der Waals surface area (Å²) in [5.41, 5.74) is 6.05. The lowest BCUT2D eigenvalue weighted by Crippen LogP contribution is -2.36. The van der Waals surface area contributed by atoms with E-state index in [2.05, 4.69) is 5.16 Å². The van der Waals surface area contributed by atoms with Crippen LogP contribution in [0.2, 0.25) is 0 Å². The van der Waals surface area contributed by atoms with Gasteiger partial charge in [0.15, 0.2) is 12.4 Å². The molecule has 0 atom stereocenters. The zero-order chi connectivity index (χ0) is 15.1. The maximum Gasteiger partial charge on any atom is 0.260 e. The number of amidine groups is 1. The molecular weight excluding hydrogens is 274 g/mol. The summed E-state index contributed by atoms with van der Waals surface area (Å²) in [5.74, 6) is 0.534. The lowest BCUT2D eigenvalue weighted by molar-refractivity contribution is -0.133. The van der Waals surface area contributed by atoms with Crippen molar-refractivity contribution in [1.29, 1.82) is 0 Å². The van der Waals surface area contributed by atoms with E-state index in [1.54, 1.807) is 29.2 Å². The van der Waals surface area contributed by atoms with Gasteiger partial charge in [-0.2, -0.15) is 0 Å². The second kappa shape index (κ2) is 7.49. The third-order valence-electron chi connectivity index (χ3n) is 3.20. The quantitative estimate of drug-likeness (QED) is 0.363. The van der Waals surface area contributed by atoms with Crippen molar-refractivity contribution in [2.75, 3.05) is 32.9 Å². The Kier molecular flexibility index (Phi) is 5.39. The summed E-state index contributed by atoms with van der Waals surface area (Å²) in [6.07, 6.45) is 0.847. The van der Waals surface area contributed by atoms with Crippen LogP contribution in [0, 0.1) is 0 Å². The summed E-state index contributed by atoms with van der Waals surface area (Å²) in [7, 11) is 0. The molecule has 0 radical (unpaired) electrons. The van der Waals surface area contributed by atoms with Gasteiger partial charge in [-0.05, 0) is 30.7 Å². The molecule has 0 spiro atoms. The molecule has 1 aliphatic rings. The Bertz CT molecular complexity index is 493. The summed E-state index contributed by atoms with van der Waals surface area (Å²) < 4.78 is 10.8. The fraction of sp³-hybridized carbons (Fsp3) is 0.429. The minimum absolute atomic E-state index is 0.0110. The zero-order valence-corrected chi connectivity index (χ0v) is 11.7. The van der Waals surface area contributed by atoms with Gasteiger partial charge >= 0.3 is 0 Å². The first-order valence-electron chi connectivity index (χ1n) is 6.77. The Labute approximate surface area is 122 Å². The van der Waals surface area contributed by atoms with E-state index in [1.807, 2.05) is 0 Å². The summed E-state index contributed by atoms with van der Waals surface area (Å²) in [4.78, 5) is 13.8. The number of hydrogen-bond donors (Lipinski definition) is 2. The van der Waals surface area contributed by atoms with Crippen LogP contribution in [-0.2, 0) is 9.53 Å². The molecule has 0 aliphatic carbocycles. The summed E-state index contributed by atoms with van der Waals surface area (Å²) in [6.45, 7) is 2.55. The van der Waals surface area contributed by atoms with E-state index in [-0.39, 0.29) is 18.3 Å². The van der Waals surface area contributed by atoms with Gasteiger partial charge in [-0.3, -0.25) is 4.79 Å². The SMILES string of the molecule is NC(=NO)c1ccc(OCC(=O)N2CCCOCC2)cc1. The highest BCUT2D eigenvalue weighted by atomic mass is 16.5. The molecule has 1 amide bonds. The number of hydrogen-bond acceptors (Lipinski definition) is 5. The van der Waals surface area contributed by atoms with Crippen LogP contribution >= 0.6 is 0 Å². The summed E-state index contributed by atoms with van der Waals surface area (Å²) >= 11 is 0. The third kappa shape index (κ3) is 4.35. The lowest BCUT2D eigenvalue weighted by atomic mass is 10.2. The lowest BCUT2D eigenvalue weighted by Gasteiger charge is -2.19. The molecule has 2 rings (SSSR count). The van der Waals surface area contributed by atoms with Gasteiger partial charge in [0.25, 0.3) is 5.91 Å². The molecule has 1 saturated heterocycles. The van der Waals surface area contributed by atoms with E-state index >= 15 is 0 Å². The smallest absolute Gasteiger partial charge is 0.260 e. The molecule has 0 bridgehead atoms. The van der Waals surface area contributed by atoms with Crippen molar-refractivity contribution in [3.63, 3.8) is 0 Å². The second-order valence-electron chi connectivity index (χ2n) is 4.65. The molecule has 1 aliphatic heterocycles. The van der Waals surface area contributed by atoms with Crippen LogP contribution in [0.4, 0.5) is 0 Å². The first-order valence-corrected chi connectivity index (χ1v) is 6.77. The van der Waals surface area contributed by atoms with Crippen LogP contribution in [0.3, 0.4) is 0 Å². The number of amides is 1. The molecule has 1 aromatic carbocycles. The van der Waals surface area contributed by atoms with Gasteiger partial charge in [0.05, 0.1) is 6.61 Å². The Hall–Kier alpha value is -2.28. The van der Waals surface area contributed by atoms with Crippen molar-refractivity contribution >= 4 is 11.7 Å². The van der Waals surface area contributed by atoms with E-state index in [1.165, 1.54) is 0 Å². The van der Waals surface area contributed by atoms with Crippen LogP contribution in [0.1, 0.15) is 12.0 Å². The molecule has 3 N–H and O–H groups in total. The second-order valence-corrected chi connectivity index (χ2v) is 4.65. The number of carbonyl (C=O) groups is 1. The monoisotopic (exact) mass is 293 g/mol. The first-order chi connectivity index (χ1) is 10.2. The van der Waals surface area contributed by atoms with Crippen molar-refractivity contribution in [1.82, 2.24) is 4.90 Å². The minimum Gasteiger partial charge on any atom is -0.484 e. The summed E-state index contributed by atoms with van der Waals surface area (Å²) in [6, 6.07) is 6.67. The molecule has 1 fully saturated rings. The van der Waals surface area contributed by atoms with Gasteiger partial charge < -0.3 is 25.3 Å². The predicted molar refractivity (Wildman–Crippen MR) is 76.5 cm³/mol. The van der Waals surface area contributed by atoms with E-state index in [9.17, 15) is 4.79 Å². The fourth-order valence-corrected chi connectivity index (χ4v) is 2.01. The standard InChI is InChI=1S/C14H19N3O4/c15-14(16-19)11-2-4-12(5-3-11)21-10-13(18)17-6-1-8-20-9-7-17/h2-5,19H,1,6-10H2,(H2,15,16). The molecule has 21 heavy (non-hydrogen) atoms. The Morgan fingerprint density at radius 1 is 1.33 bits per heavy atom. The molecule has 7 nitrogen and oxygen atoms in total. The average Bonchev–Trinajstić information content (AvgIpc) is 2.81. The molecule has 114 valence electrons. The average molecular weight is 293 g/mol. The Balaban J connectivity index is 1.86. The third-order valence-corrected chi connectivity index (χ3v) is 3.20. The molecule has 0 aromatic heterocycles. The Morgan fingerprint density at radius 3 is 2.81 bits per heavy atom. The highest BCUT2D eigenvalue weighted by molar-refractivity contribution is 5.97. The van der Waals surface area contributed by atoms with Crippen molar-refractivity contribution in [2.45, 2.75) is 6.42 Å². The van der Waals surface area contributed by atoms with E-state index in [4.69, 9.17) is 20.4 Å². The number of benzene rings is 1. The van der Waals surface area contributed by atoms with E-state index in [0.29, 0.717) is 37.6 Å². The molecule has 0 saturated carbocycles. The van der Waals surface area contributed by atoms with Crippen molar-refractivity contribution < 1.29 is 19.5 Å². The van der Waals surface area contributed by atoms with Crippen LogP contribution in [-0.4, -0.2) is 54.8 Å². The largest absolute Gasteiger partial charge is 0.484 e. The molecular formula is C14H19N3O4. The normalized spacial score (nSPS) is 16.4. The van der Waals surface area contributed by atoms with Crippen LogP contribution in [0.25, 0.3) is 0 Å². The molecule has 7 heteroatoms. The summed E-state index contributed by atoms with van der Waals surface area (Å²) in [5, 5.41) is 11.5. The van der Waals surface area contributed by atoms with Crippen LogP contribution in [0.15, 0.2) is 29.4 Å². The van der Waals surface area contributed by atoms with E-state index in [0.717, 1.165) is 6.42 Å². The number of ether oxygens (including phenoxy) is 2. The van der Waals surface area contributed by atoms with Gasteiger partial charge in [-0.15, -0.1) is 0 Å². The number of nitrogens with two attached hydrogens (primary N) is 1. The van der Waals surface area contributed by atoms with Gasteiger partial charge in [0, 0.05) is 25.3 Å². The molecule has 1 heterocycles. The van der Waals surface area contributed by atoms with Gasteiger partial charge in [-0.1, -0.05) is 5.16 Å². The van der Waals surface area contributed by atoms with Gasteiger partial charge in [0.1, 0.15) is 5.75 Å². The highest BCUT2D eigenvalue weighted by Crippen LogP contribution is 2.12. The highest BCUT2D eigenvalue weighted by Gasteiger charge is 2.16. The topological polar surface area (TPSA) is 97.4 Å². The number of nitrogens with zero attached hydrogens (tertiary/aromatic N) is 2. The van der Waals surface area contributed by atoms with Crippen LogP contribution in [0.5, 0.6) is 5.75 Å². The maximum atomic E-state index is 12.0. The molecule has 1 aromatic rings. The number of rotatable bonds is 4. The number of oxime groups is 1. The van der Waals surface area contributed by atoms with E-state index < -0.39 is 0 Å².